The third kappa shape index (κ3) is 4.06. The molecule has 0 spiro atoms. The van der Waals surface area contributed by atoms with E-state index in [1.165, 1.54) is 12.0 Å². The van der Waals surface area contributed by atoms with Crippen LogP contribution in [0.1, 0.15) is 49.2 Å². The molecule has 4 rings (SSSR count). The van der Waals surface area contributed by atoms with Crippen LogP contribution in [0.2, 0.25) is 0 Å². The zero-order valence-corrected chi connectivity index (χ0v) is 17.0. The second-order valence-electron chi connectivity index (χ2n) is 8.39. The molecule has 28 heavy (non-hydrogen) atoms. The third-order valence-corrected chi connectivity index (χ3v) is 6.63. The van der Waals surface area contributed by atoms with Crippen LogP contribution in [0.4, 0.5) is 0 Å². The Hall–Kier alpha value is -1.98. The van der Waals surface area contributed by atoms with Crippen molar-refractivity contribution in [2.24, 2.45) is 5.92 Å². The lowest BCUT2D eigenvalue weighted by atomic mass is 9.66. The van der Waals surface area contributed by atoms with Crippen LogP contribution in [0.15, 0.2) is 36.5 Å². The standard InChI is InChI=1S/C23H31N3O2/c1-17-24-13-10-19(25-17)16-26-14-12-23(27)11-4-3-5-21(23)22(26)15-18-6-8-20(28-2)9-7-18/h6-10,13,21-22,27H,3-5,11-12,14-16H2,1-2H3/t21-,22+,23+/m0/s1. The summed E-state index contributed by atoms with van der Waals surface area (Å²) in [5.41, 5.74) is 1.85. The fourth-order valence-corrected chi connectivity index (χ4v) is 5.14. The van der Waals surface area contributed by atoms with Crippen molar-refractivity contribution in [3.05, 3.63) is 53.6 Å². The first-order valence-electron chi connectivity index (χ1n) is 10.5. The number of hydrogen-bond donors (Lipinski definition) is 1. The first-order chi connectivity index (χ1) is 13.6. The van der Waals surface area contributed by atoms with Gasteiger partial charge in [0.25, 0.3) is 0 Å². The van der Waals surface area contributed by atoms with Gasteiger partial charge in [0.1, 0.15) is 11.6 Å². The molecule has 0 bridgehead atoms. The molecule has 1 saturated carbocycles. The number of benzene rings is 1. The number of aryl methyl sites for hydroxylation is 1. The van der Waals surface area contributed by atoms with E-state index in [4.69, 9.17) is 4.74 Å². The van der Waals surface area contributed by atoms with Gasteiger partial charge in [-0.15, -0.1) is 0 Å². The van der Waals surface area contributed by atoms with E-state index in [9.17, 15) is 5.11 Å². The first kappa shape index (κ1) is 19.3. The Morgan fingerprint density at radius 3 is 2.75 bits per heavy atom. The van der Waals surface area contributed by atoms with E-state index in [0.717, 1.165) is 62.5 Å². The zero-order chi connectivity index (χ0) is 19.6. The number of nitrogens with zero attached hydrogens (tertiary/aromatic N) is 3. The largest absolute Gasteiger partial charge is 0.497 e. The summed E-state index contributed by atoms with van der Waals surface area (Å²) in [6, 6.07) is 10.7. The van der Waals surface area contributed by atoms with Crippen LogP contribution in [0.3, 0.4) is 0 Å². The van der Waals surface area contributed by atoms with Gasteiger partial charge in [0.15, 0.2) is 0 Å². The van der Waals surface area contributed by atoms with Gasteiger partial charge < -0.3 is 9.84 Å². The minimum atomic E-state index is -0.506. The molecule has 1 N–H and O–H groups in total. The highest BCUT2D eigenvalue weighted by molar-refractivity contribution is 5.28. The number of likely N-dealkylation sites (tertiary alicyclic amines) is 1. The van der Waals surface area contributed by atoms with Crippen molar-refractivity contribution in [1.82, 2.24) is 14.9 Å². The monoisotopic (exact) mass is 381 g/mol. The molecule has 5 heteroatoms. The average molecular weight is 382 g/mol. The average Bonchev–Trinajstić information content (AvgIpc) is 2.70. The summed E-state index contributed by atoms with van der Waals surface area (Å²) < 4.78 is 5.31. The van der Waals surface area contributed by atoms with Crippen LogP contribution in [-0.2, 0) is 13.0 Å². The second-order valence-corrected chi connectivity index (χ2v) is 8.39. The Kier molecular flexibility index (Phi) is 5.65. The van der Waals surface area contributed by atoms with Gasteiger partial charge in [-0.3, -0.25) is 4.90 Å². The molecule has 1 aromatic carbocycles. The van der Waals surface area contributed by atoms with Gasteiger partial charge in [-0.1, -0.05) is 25.0 Å². The molecule has 0 radical (unpaired) electrons. The summed E-state index contributed by atoms with van der Waals surface area (Å²) in [6.07, 6.45) is 8.06. The number of aromatic nitrogens is 2. The maximum Gasteiger partial charge on any atom is 0.125 e. The van der Waals surface area contributed by atoms with Crippen molar-refractivity contribution in [3.8, 4) is 5.75 Å². The van der Waals surface area contributed by atoms with Crippen LogP contribution in [0, 0.1) is 12.8 Å². The molecule has 1 saturated heterocycles. The van der Waals surface area contributed by atoms with Gasteiger partial charge in [0.2, 0.25) is 0 Å². The van der Waals surface area contributed by atoms with Crippen molar-refractivity contribution in [3.63, 3.8) is 0 Å². The van der Waals surface area contributed by atoms with E-state index in [1.807, 2.05) is 31.3 Å². The van der Waals surface area contributed by atoms with Gasteiger partial charge in [-0.05, 0) is 56.4 Å². The predicted octanol–water partition coefficient (Wildman–Crippen LogP) is 3.53. The van der Waals surface area contributed by atoms with Crippen molar-refractivity contribution in [2.45, 2.75) is 63.6 Å². The number of ether oxygens (including phenoxy) is 1. The lowest BCUT2D eigenvalue weighted by Gasteiger charge is -2.52. The molecule has 2 aliphatic rings. The summed E-state index contributed by atoms with van der Waals surface area (Å²) in [5, 5.41) is 11.4. The Morgan fingerprint density at radius 2 is 2.00 bits per heavy atom. The maximum atomic E-state index is 11.4. The van der Waals surface area contributed by atoms with Gasteiger partial charge in [-0.2, -0.15) is 0 Å². The minimum absolute atomic E-state index is 0.319. The van der Waals surface area contributed by atoms with E-state index < -0.39 is 5.60 Å². The Morgan fingerprint density at radius 1 is 1.18 bits per heavy atom. The van der Waals surface area contributed by atoms with Crippen molar-refractivity contribution >= 4 is 0 Å². The summed E-state index contributed by atoms with van der Waals surface area (Å²) in [5.74, 6) is 2.02. The van der Waals surface area contributed by atoms with Crippen molar-refractivity contribution in [1.29, 1.82) is 0 Å². The molecule has 1 aromatic heterocycles. The van der Waals surface area contributed by atoms with Crippen molar-refractivity contribution in [2.75, 3.05) is 13.7 Å². The smallest absolute Gasteiger partial charge is 0.125 e. The molecule has 2 heterocycles. The molecule has 0 unspecified atom stereocenters. The fourth-order valence-electron chi connectivity index (χ4n) is 5.14. The topological polar surface area (TPSA) is 58.5 Å². The molecule has 150 valence electrons. The van der Waals surface area contributed by atoms with Crippen LogP contribution in [0.5, 0.6) is 5.75 Å². The lowest BCUT2D eigenvalue weighted by Crippen LogP contribution is -2.59. The number of rotatable bonds is 5. The van der Waals surface area contributed by atoms with Crippen molar-refractivity contribution < 1.29 is 9.84 Å². The molecule has 2 aromatic rings. The molecule has 1 aliphatic heterocycles. The Bertz CT molecular complexity index is 795. The highest BCUT2D eigenvalue weighted by atomic mass is 16.5. The Balaban J connectivity index is 1.59. The molecular weight excluding hydrogens is 350 g/mol. The van der Waals surface area contributed by atoms with E-state index in [1.54, 1.807) is 7.11 Å². The summed E-state index contributed by atoms with van der Waals surface area (Å²) in [6.45, 7) is 3.67. The molecule has 2 fully saturated rings. The second kappa shape index (κ2) is 8.18. The van der Waals surface area contributed by atoms with E-state index in [2.05, 4.69) is 27.0 Å². The normalized spacial score (nSPS) is 28.0. The highest BCUT2D eigenvalue weighted by Gasteiger charge is 2.48. The van der Waals surface area contributed by atoms with Crippen LogP contribution in [0.25, 0.3) is 0 Å². The SMILES string of the molecule is COc1ccc(C[C@@H]2[C@@H]3CCCC[C@@]3(O)CCN2Cc2ccnc(C)n2)cc1. The predicted molar refractivity (Wildman–Crippen MR) is 109 cm³/mol. The molecule has 3 atom stereocenters. The van der Waals surface area contributed by atoms with Crippen LogP contribution >= 0.6 is 0 Å². The van der Waals surface area contributed by atoms with Gasteiger partial charge in [0, 0.05) is 31.2 Å². The maximum absolute atomic E-state index is 11.4. The van der Waals surface area contributed by atoms with Crippen LogP contribution < -0.4 is 4.74 Å². The highest BCUT2D eigenvalue weighted by Crippen LogP contribution is 2.44. The third-order valence-electron chi connectivity index (χ3n) is 6.63. The number of fused-ring (bicyclic) bond motifs is 1. The first-order valence-corrected chi connectivity index (χ1v) is 10.5. The number of hydrogen-bond acceptors (Lipinski definition) is 5. The van der Waals surface area contributed by atoms with Gasteiger partial charge in [0.05, 0.1) is 18.4 Å². The van der Waals surface area contributed by atoms with E-state index in [0.29, 0.717) is 12.0 Å². The van der Waals surface area contributed by atoms with Crippen LogP contribution in [-0.4, -0.2) is 45.3 Å². The number of piperidine rings is 1. The quantitative estimate of drug-likeness (QED) is 0.859. The van der Waals surface area contributed by atoms with E-state index in [-0.39, 0.29) is 0 Å². The Labute approximate surface area is 167 Å². The number of aliphatic hydroxyl groups is 1. The molecule has 1 aliphatic carbocycles. The minimum Gasteiger partial charge on any atom is -0.497 e. The fraction of sp³-hybridized carbons (Fsp3) is 0.565. The molecule has 5 nitrogen and oxygen atoms in total. The van der Waals surface area contributed by atoms with E-state index >= 15 is 0 Å². The van der Waals surface area contributed by atoms with Gasteiger partial charge in [-0.25, -0.2) is 9.97 Å². The lowest BCUT2D eigenvalue weighted by molar-refractivity contribution is -0.124. The van der Waals surface area contributed by atoms with Gasteiger partial charge >= 0.3 is 0 Å². The summed E-state index contributed by atoms with van der Waals surface area (Å²) >= 11 is 0. The molecular formula is C23H31N3O2. The summed E-state index contributed by atoms with van der Waals surface area (Å²) in [4.78, 5) is 11.4. The zero-order valence-electron chi connectivity index (χ0n) is 17.0. The number of methoxy groups -OCH3 is 1. The summed E-state index contributed by atoms with van der Waals surface area (Å²) in [7, 11) is 1.70. The molecule has 0 amide bonds.